The van der Waals surface area contributed by atoms with E-state index in [1.165, 1.54) is 6.08 Å². The topological polar surface area (TPSA) is 84.7 Å². The van der Waals surface area contributed by atoms with Gasteiger partial charge in [-0.05, 0) is 52.8 Å². The summed E-state index contributed by atoms with van der Waals surface area (Å²) in [5.41, 5.74) is 0.857. The molecular weight excluding hydrogens is 336 g/mol. The number of carbonyl (C=O) groups is 1. The van der Waals surface area contributed by atoms with Crippen LogP contribution < -0.4 is 10.6 Å². The van der Waals surface area contributed by atoms with E-state index in [0.29, 0.717) is 17.5 Å². The van der Waals surface area contributed by atoms with E-state index in [1.807, 2.05) is 19.1 Å². The standard InChI is InChI=1S/C14H15ClN6OS/c1-2-9-21-13(18-19-20-21)17-14(23)16-12(22)8-5-10-3-6-11(15)7-4-10/h3-8H,2,9H2,1H3,(H2,16,17,18,20,22,23). The van der Waals surface area contributed by atoms with E-state index in [9.17, 15) is 4.79 Å². The minimum Gasteiger partial charge on any atom is -0.300 e. The van der Waals surface area contributed by atoms with Gasteiger partial charge in [0.1, 0.15) is 0 Å². The average Bonchev–Trinajstić information content (AvgIpc) is 2.94. The van der Waals surface area contributed by atoms with Crippen molar-refractivity contribution in [1.82, 2.24) is 25.5 Å². The first-order chi connectivity index (χ1) is 11.1. The van der Waals surface area contributed by atoms with Crippen molar-refractivity contribution in [2.24, 2.45) is 0 Å². The number of anilines is 1. The van der Waals surface area contributed by atoms with Crippen LogP contribution in [0.3, 0.4) is 0 Å². The van der Waals surface area contributed by atoms with Crippen LogP contribution in [0, 0.1) is 0 Å². The summed E-state index contributed by atoms with van der Waals surface area (Å²) in [6.07, 6.45) is 3.92. The maximum atomic E-state index is 11.8. The van der Waals surface area contributed by atoms with Crippen LogP contribution >= 0.6 is 23.8 Å². The van der Waals surface area contributed by atoms with Crippen LogP contribution in [0.4, 0.5) is 5.95 Å². The molecule has 23 heavy (non-hydrogen) atoms. The van der Waals surface area contributed by atoms with Crippen molar-refractivity contribution in [1.29, 1.82) is 0 Å². The summed E-state index contributed by atoms with van der Waals surface area (Å²) >= 11 is 10.9. The van der Waals surface area contributed by atoms with E-state index in [0.717, 1.165) is 12.0 Å². The largest absolute Gasteiger partial charge is 0.300 e. The average molecular weight is 351 g/mol. The quantitative estimate of drug-likeness (QED) is 0.635. The Balaban J connectivity index is 1.88. The molecule has 0 aliphatic rings. The summed E-state index contributed by atoms with van der Waals surface area (Å²) < 4.78 is 1.57. The predicted molar refractivity (Wildman–Crippen MR) is 93.0 cm³/mol. The Hall–Kier alpha value is -2.32. The summed E-state index contributed by atoms with van der Waals surface area (Å²) in [5, 5.41) is 17.3. The number of aryl methyl sites for hydroxylation is 1. The fraction of sp³-hybridized carbons (Fsp3) is 0.214. The molecule has 0 spiro atoms. The van der Waals surface area contributed by atoms with Crippen LogP contribution in [-0.2, 0) is 11.3 Å². The van der Waals surface area contributed by atoms with Gasteiger partial charge < -0.3 is 0 Å². The molecule has 0 bridgehead atoms. The number of carbonyl (C=O) groups excluding carboxylic acids is 1. The lowest BCUT2D eigenvalue weighted by molar-refractivity contribution is -0.115. The molecule has 2 rings (SSSR count). The third-order valence-corrected chi connectivity index (χ3v) is 3.18. The molecule has 0 aliphatic carbocycles. The third-order valence-electron chi connectivity index (χ3n) is 2.73. The van der Waals surface area contributed by atoms with Gasteiger partial charge >= 0.3 is 0 Å². The Kier molecular flexibility index (Phi) is 6.19. The lowest BCUT2D eigenvalue weighted by Crippen LogP contribution is -2.33. The highest BCUT2D eigenvalue weighted by molar-refractivity contribution is 7.80. The predicted octanol–water partition coefficient (Wildman–Crippen LogP) is 2.26. The van der Waals surface area contributed by atoms with Gasteiger partial charge in [0.2, 0.25) is 11.9 Å². The van der Waals surface area contributed by atoms with Crippen molar-refractivity contribution >= 4 is 46.9 Å². The number of aromatic nitrogens is 4. The van der Waals surface area contributed by atoms with E-state index >= 15 is 0 Å². The molecule has 0 fully saturated rings. The monoisotopic (exact) mass is 350 g/mol. The molecule has 120 valence electrons. The van der Waals surface area contributed by atoms with Gasteiger partial charge in [0, 0.05) is 17.6 Å². The zero-order valence-electron chi connectivity index (χ0n) is 12.4. The summed E-state index contributed by atoms with van der Waals surface area (Å²) in [6, 6.07) is 7.11. The zero-order valence-corrected chi connectivity index (χ0v) is 13.9. The molecule has 1 heterocycles. The number of rotatable bonds is 5. The molecule has 7 nitrogen and oxygen atoms in total. The number of nitrogens with one attached hydrogen (secondary N) is 2. The highest BCUT2D eigenvalue weighted by Crippen LogP contribution is 2.10. The molecule has 0 aliphatic heterocycles. The van der Waals surface area contributed by atoms with Gasteiger partial charge in [0.25, 0.3) is 0 Å². The normalized spacial score (nSPS) is 10.7. The minimum absolute atomic E-state index is 0.128. The molecule has 0 saturated heterocycles. The molecule has 0 saturated carbocycles. The lowest BCUT2D eigenvalue weighted by atomic mass is 10.2. The van der Waals surface area contributed by atoms with Crippen molar-refractivity contribution in [3.8, 4) is 0 Å². The lowest BCUT2D eigenvalue weighted by Gasteiger charge is -2.07. The number of hydrogen-bond acceptors (Lipinski definition) is 5. The number of halogens is 1. The smallest absolute Gasteiger partial charge is 0.250 e. The SMILES string of the molecule is CCCn1nnnc1NC(=S)NC(=O)C=Cc1ccc(Cl)cc1. The van der Waals surface area contributed by atoms with Crippen LogP contribution in [0.15, 0.2) is 30.3 Å². The fourth-order valence-electron chi connectivity index (χ4n) is 1.69. The first-order valence-electron chi connectivity index (χ1n) is 6.90. The molecule has 9 heteroatoms. The second kappa shape index (κ2) is 8.35. The molecule has 0 unspecified atom stereocenters. The number of benzene rings is 1. The maximum absolute atomic E-state index is 11.8. The fourth-order valence-corrected chi connectivity index (χ4v) is 2.01. The Morgan fingerprint density at radius 3 is 2.83 bits per heavy atom. The van der Waals surface area contributed by atoms with Crippen molar-refractivity contribution < 1.29 is 4.79 Å². The van der Waals surface area contributed by atoms with E-state index in [2.05, 4.69) is 26.2 Å². The third kappa shape index (κ3) is 5.42. The number of hydrogen-bond donors (Lipinski definition) is 2. The minimum atomic E-state index is -0.355. The number of nitrogens with zero attached hydrogens (tertiary/aromatic N) is 4. The molecular formula is C14H15ClN6OS. The molecule has 2 aromatic rings. The van der Waals surface area contributed by atoms with Gasteiger partial charge in [0.15, 0.2) is 5.11 Å². The first-order valence-corrected chi connectivity index (χ1v) is 7.69. The summed E-state index contributed by atoms with van der Waals surface area (Å²) in [4.78, 5) is 11.8. The van der Waals surface area contributed by atoms with Gasteiger partial charge in [-0.3, -0.25) is 15.4 Å². The molecule has 1 aromatic heterocycles. The van der Waals surface area contributed by atoms with Crippen LogP contribution in [0.25, 0.3) is 6.08 Å². The number of thiocarbonyl (C=S) groups is 1. The number of amides is 1. The van der Waals surface area contributed by atoms with E-state index in [4.69, 9.17) is 23.8 Å². The Morgan fingerprint density at radius 1 is 1.39 bits per heavy atom. The van der Waals surface area contributed by atoms with E-state index in [1.54, 1.807) is 22.9 Å². The molecule has 1 aromatic carbocycles. The molecule has 2 N–H and O–H groups in total. The van der Waals surface area contributed by atoms with Crippen molar-refractivity contribution in [2.45, 2.75) is 19.9 Å². The van der Waals surface area contributed by atoms with Gasteiger partial charge in [-0.2, -0.15) is 0 Å². The highest BCUT2D eigenvalue weighted by atomic mass is 35.5. The summed E-state index contributed by atoms with van der Waals surface area (Å²) in [5.74, 6) is 0.0331. The summed E-state index contributed by atoms with van der Waals surface area (Å²) in [6.45, 7) is 2.66. The number of tetrazole rings is 1. The van der Waals surface area contributed by atoms with Crippen LogP contribution in [-0.4, -0.2) is 31.2 Å². The Morgan fingerprint density at radius 2 is 2.13 bits per heavy atom. The zero-order chi connectivity index (χ0) is 16.7. The van der Waals surface area contributed by atoms with Gasteiger partial charge in [0.05, 0.1) is 0 Å². The Labute approximate surface area is 143 Å². The van der Waals surface area contributed by atoms with Crippen molar-refractivity contribution in [3.63, 3.8) is 0 Å². The Bertz CT molecular complexity index is 712. The first kappa shape index (κ1) is 17.0. The second-order valence-corrected chi connectivity index (χ2v) is 5.40. The van der Waals surface area contributed by atoms with Gasteiger partial charge in [-0.25, -0.2) is 4.68 Å². The van der Waals surface area contributed by atoms with Crippen molar-refractivity contribution in [2.75, 3.05) is 5.32 Å². The maximum Gasteiger partial charge on any atom is 0.250 e. The molecule has 0 radical (unpaired) electrons. The van der Waals surface area contributed by atoms with E-state index < -0.39 is 0 Å². The summed E-state index contributed by atoms with van der Waals surface area (Å²) in [7, 11) is 0. The molecule has 1 amide bonds. The van der Waals surface area contributed by atoms with Gasteiger partial charge in [-0.15, -0.1) is 0 Å². The highest BCUT2D eigenvalue weighted by Gasteiger charge is 2.08. The van der Waals surface area contributed by atoms with Gasteiger partial charge in [-0.1, -0.05) is 35.8 Å². The molecule has 0 atom stereocenters. The second-order valence-electron chi connectivity index (χ2n) is 4.55. The van der Waals surface area contributed by atoms with Crippen LogP contribution in [0.2, 0.25) is 5.02 Å². The van der Waals surface area contributed by atoms with E-state index in [-0.39, 0.29) is 11.0 Å². The van der Waals surface area contributed by atoms with Crippen molar-refractivity contribution in [3.05, 3.63) is 40.9 Å². The van der Waals surface area contributed by atoms with Crippen LogP contribution in [0.1, 0.15) is 18.9 Å². The van der Waals surface area contributed by atoms with Crippen LogP contribution in [0.5, 0.6) is 0 Å².